The summed E-state index contributed by atoms with van der Waals surface area (Å²) in [6, 6.07) is 6.52. The number of aromatic nitrogens is 2. The van der Waals surface area contributed by atoms with Gasteiger partial charge in [-0.1, -0.05) is 48.7 Å². The molecule has 2 aromatic heterocycles. The van der Waals surface area contributed by atoms with Crippen LogP contribution in [0.3, 0.4) is 0 Å². The standard InChI is InChI=1S/C21H21Cl2N5O2/c1-3-4-9-25-21(30)28-17-12(2)11-26-18-13(17)6-5-7-15(18)27-20(29)16-14(22)8-10-24-19(16)23/h5-8,10-11H,3-4,9H2,1-2H3,(H,27,29)(H2,25,26,28,30). The Morgan fingerprint density at radius 3 is 2.63 bits per heavy atom. The van der Waals surface area contributed by atoms with Gasteiger partial charge in [0.05, 0.1) is 27.5 Å². The van der Waals surface area contributed by atoms with Gasteiger partial charge in [0.15, 0.2) is 0 Å². The molecule has 0 aliphatic rings. The normalized spacial score (nSPS) is 10.7. The quantitative estimate of drug-likeness (QED) is 0.348. The van der Waals surface area contributed by atoms with Gasteiger partial charge in [0, 0.05) is 24.3 Å². The van der Waals surface area contributed by atoms with Gasteiger partial charge in [0.1, 0.15) is 5.15 Å². The monoisotopic (exact) mass is 445 g/mol. The van der Waals surface area contributed by atoms with Crippen LogP contribution in [0.4, 0.5) is 16.2 Å². The lowest BCUT2D eigenvalue weighted by Crippen LogP contribution is -2.29. The Balaban J connectivity index is 1.92. The Morgan fingerprint density at radius 1 is 1.10 bits per heavy atom. The summed E-state index contributed by atoms with van der Waals surface area (Å²) in [4.78, 5) is 33.4. The molecule has 1 aromatic carbocycles. The topological polar surface area (TPSA) is 96.0 Å². The number of aryl methyl sites for hydroxylation is 1. The molecule has 9 heteroatoms. The van der Waals surface area contributed by atoms with Crippen LogP contribution in [-0.2, 0) is 0 Å². The number of pyridine rings is 2. The minimum Gasteiger partial charge on any atom is -0.338 e. The van der Waals surface area contributed by atoms with Crippen LogP contribution in [-0.4, -0.2) is 28.5 Å². The summed E-state index contributed by atoms with van der Waals surface area (Å²) >= 11 is 12.1. The molecular formula is C21H21Cl2N5O2. The van der Waals surface area contributed by atoms with E-state index in [-0.39, 0.29) is 21.8 Å². The van der Waals surface area contributed by atoms with Crippen LogP contribution in [0, 0.1) is 6.92 Å². The SMILES string of the molecule is CCCCNC(=O)Nc1c(C)cnc2c(NC(=O)c3c(Cl)ccnc3Cl)cccc12. The predicted molar refractivity (Wildman–Crippen MR) is 121 cm³/mol. The molecular weight excluding hydrogens is 425 g/mol. The lowest BCUT2D eigenvalue weighted by Gasteiger charge is -2.15. The molecule has 3 amide bonds. The molecule has 0 saturated carbocycles. The summed E-state index contributed by atoms with van der Waals surface area (Å²) in [6.45, 7) is 4.51. The average molecular weight is 446 g/mol. The highest BCUT2D eigenvalue weighted by Crippen LogP contribution is 2.31. The Labute approximate surface area is 184 Å². The van der Waals surface area contributed by atoms with E-state index in [4.69, 9.17) is 23.2 Å². The molecule has 156 valence electrons. The zero-order valence-corrected chi connectivity index (χ0v) is 18.1. The number of nitrogens with zero attached hydrogens (tertiary/aromatic N) is 2. The zero-order valence-electron chi connectivity index (χ0n) is 16.6. The largest absolute Gasteiger partial charge is 0.338 e. The Morgan fingerprint density at radius 2 is 1.90 bits per heavy atom. The predicted octanol–water partition coefficient (Wildman–Crippen LogP) is 5.42. The number of anilines is 2. The van der Waals surface area contributed by atoms with Gasteiger partial charge in [0.2, 0.25) is 0 Å². The molecule has 0 atom stereocenters. The van der Waals surface area contributed by atoms with Crippen LogP contribution in [0.2, 0.25) is 10.2 Å². The minimum absolute atomic E-state index is 0.00939. The number of halogens is 2. The van der Waals surface area contributed by atoms with Crippen LogP contribution >= 0.6 is 23.2 Å². The summed E-state index contributed by atoms with van der Waals surface area (Å²) in [5, 5.41) is 9.40. The third-order valence-electron chi connectivity index (χ3n) is 4.47. The molecule has 3 rings (SSSR count). The van der Waals surface area contributed by atoms with Crippen molar-refractivity contribution in [3.05, 3.63) is 58.0 Å². The van der Waals surface area contributed by atoms with E-state index in [1.807, 2.05) is 13.0 Å². The van der Waals surface area contributed by atoms with Crippen molar-refractivity contribution < 1.29 is 9.59 Å². The van der Waals surface area contributed by atoms with Gasteiger partial charge in [0.25, 0.3) is 5.91 Å². The number of hydrogen-bond donors (Lipinski definition) is 3. The maximum atomic E-state index is 12.7. The van der Waals surface area contributed by atoms with Gasteiger partial charge in [-0.25, -0.2) is 9.78 Å². The lowest BCUT2D eigenvalue weighted by molar-refractivity contribution is 0.102. The van der Waals surface area contributed by atoms with Crippen molar-refractivity contribution in [2.75, 3.05) is 17.2 Å². The van der Waals surface area contributed by atoms with Crippen LogP contribution in [0.5, 0.6) is 0 Å². The number of unbranched alkanes of at least 4 members (excludes halogenated alkanes) is 1. The van der Waals surface area contributed by atoms with Crippen molar-refractivity contribution in [3.8, 4) is 0 Å². The Bertz CT molecular complexity index is 1080. The van der Waals surface area contributed by atoms with E-state index >= 15 is 0 Å². The van der Waals surface area contributed by atoms with E-state index in [0.717, 1.165) is 18.4 Å². The van der Waals surface area contributed by atoms with Gasteiger partial charge in [-0.15, -0.1) is 0 Å². The van der Waals surface area contributed by atoms with E-state index in [0.29, 0.717) is 28.8 Å². The van der Waals surface area contributed by atoms with Crippen LogP contribution in [0.15, 0.2) is 36.7 Å². The highest BCUT2D eigenvalue weighted by atomic mass is 35.5. The first-order chi connectivity index (χ1) is 14.4. The molecule has 0 fully saturated rings. The lowest BCUT2D eigenvalue weighted by atomic mass is 10.1. The van der Waals surface area contributed by atoms with Crippen LogP contribution in [0.1, 0.15) is 35.7 Å². The van der Waals surface area contributed by atoms with E-state index in [1.54, 1.807) is 18.3 Å². The van der Waals surface area contributed by atoms with Crippen LogP contribution in [0.25, 0.3) is 10.9 Å². The molecule has 7 nitrogen and oxygen atoms in total. The molecule has 0 aliphatic carbocycles. The van der Waals surface area contributed by atoms with E-state index in [9.17, 15) is 9.59 Å². The van der Waals surface area contributed by atoms with Crippen molar-refractivity contribution in [2.45, 2.75) is 26.7 Å². The highest BCUT2D eigenvalue weighted by molar-refractivity contribution is 6.39. The van der Waals surface area contributed by atoms with E-state index in [1.165, 1.54) is 12.3 Å². The number of hydrogen-bond acceptors (Lipinski definition) is 4. The number of rotatable bonds is 6. The first-order valence-electron chi connectivity index (χ1n) is 9.47. The maximum Gasteiger partial charge on any atom is 0.319 e. The van der Waals surface area contributed by atoms with Crippen molar-refractivity contribution >= 4 is 57.4 Å². The number of amides is 3. The molecule has 2 heterocycles. The number of nitrogens with one attached hydrogen (secondary N) is 3. The summed E-state index contributed by atoms with van der Waals surface area (Å²) < 4.78 is 0. The number of para-hydroxylation sites is 1. The van der Waals surface area contributed by atoms with Crippen molar-refractivity contribution in [1.29, 1.82) is 0 Å². The van der Waals surface area contributed by atoms with Gasteiger partial charge < -0.3 is 16.0 Å². The van der Waals surface area contributed by atoms with Crippen molar-refractivity contribution in [1.82, 2.24) is 15.3 Å². The van der Waals surface area contributed by atoms with Gasteiger partial charge >= 0.3 is 6.03 Å². The molecule has 0 unspecified atom stereocenters. The van der Waals surface area contributed by atoms with Crippen LogP contribution < -0.4 is 16.0 Å². The number of carbonyl (C=O) groups is 2. The molecule has 0 radical (unpaired) electrons. The number of fused-ring (bicyclic) bond motifs is 1. The molecule has 0 bridgehead atoms. The van der Waals surface area contributed by atoms with E-state index < -0.39 is 5.91 Å². The first kappa shape index (κ1) is 21.8. The number of benzene rings is 1. The third-order valence-corrected chi connectivity index (χ3v) is 5.07. The first-order valence-corrected chi connectivity index (χ1v) is 10.2. The summed E-state index contributed by atoms with van der Waals surface area (Å²) in [5.74, 6) is -0.500. The second-order valence-electron chi connectivity index (χ2n) is 6.67. The van der Waals surface area contributed by atoms with Gasteiger partial charge in [-0.2, -0.15) is 0 Å². The summed E-state index contributed by atoms with van der Waals surface area (Å²) in [6.07, 6.45) is 4.96. The fourth-order valence-electron chi connectivity index (χ4n) is 2.93. The maximum absolute atomic E-state index is 12.7. The van der Waals surface area contributed by atoms with E-state index in [2.05, 4.69) is 32.8 Å². The molecule has 3 aromatic rings. The smallest absolute Gasteiger partial charge is 0.319 e. The molecule has 30 heavy (non-hydrogen) atoms. The number of urea groups is 1. The molecule has 3 N–H and O–H groups in total. The Kier molecular flexibility index (Phi) is 7.07. The Hall–Kier alpha value is -2.90. The third kappa shape index (κ3) is 4.80. The second kappa shape index (κ2) is 9.73. The molecule has 0 aliphatic heterocycles. The van der Waals surface area contributed by atoms with Crippen molar-refractivity contribution in [3.63, 3.8) is 0 Å². The van der Waals surface area contributed by atoms with Gasteiger partial charge in [-0.05, 0) is 31.0 Å². The zero-order chi connectivity index (χ0) is 21.7. The average Bonchev–Trinajstić information content (AvgIpc) is 2.70. The van der Waals surface area contributed by atoms with Gasteiger partial charge in [-0.3, -0.25) is 9.78 Å². The second-order valence-corrected chi connectivity index (χ2v) is 7.43. The molecule has 0 saturated heterocycles. The highest BCUT2D eigenvalue weighted by Gasteiger charge is 2.18. The molecule has 0 spiro atoms. The minimum atomic E-state index is -0.500. The fourth-order valence-corrected chi connectivity index (χ4v) is 3.45. The summed E-state index contributed by atoms with van der Waals surface area (Å²) in [5.41, 5.74) is 2.50. The number of carbonyl (C=O) groups excluding carboxylic acids is 2. The van der Waals surface area contributed by atoms with Crippen molar-refractivity contribution in [2.24, 2.45) is 0 Å². The fraction of sp³-hybridized carbons (Fsp3) is 0.238. The summed E-state index contributed by atoms with van der Waals surface area (Å²) in [7, 11) is 0.